The van der Waals surface area contributed by atoms with E-state index in [0.717, 1.165) is 15.4 Å². The number of methoxy groups -OCH3 is 1. The van der Waals surface area contributed by atoms with E-state index < -0.39 is 0 Å². The van der Waals surface area contributed by atoms with Crippen LogP contribution in [0.1, 0.15) is 0 Å². The minimum atomic E-state index is 0.201. The first-order valence-corrected chi connectivity index (χ1v) is 5.84. The highest BCUT2D eigenvalue weighted by Gasteiger charge is 2.07. The summed E-state index contributed by atoms with van der Waals surface area (Å²) in [6, 6.07) is 5.66. The van der Waals surface area contributed by atoms with E-state index >= 15 is 0 Å². The first kappa shape index (κ1) is 12.1. The van der Waals surface area contributed by atoms with Crippen LogP contribution in [0, 0.1) is 0 Å². The van der Waals surface area contributed by atoms with E-state index in [2.05, 4.69) is 25.9 Å². The van der Waals surface area contributed by atoms with Gasteiger partial charge < -0.3 is 15.2 Å². The molecule has 0 aliphatic heterocycles. The molecule has 1 aromatic carbocycles. The molecular weight excluding hydrogens is 286 g/mol. The van der Waals surface area contributed by atoms with Gasteiger partial charge in [0, 0.05) is 11.6 Å². The van der Waals surface area contributed by atoms with Gasteiger partial charge >= 0.3 is 0 Å². The van der Waals surface area contributed by atoms with Crippen LogP contribution in [-0.4, -0.2) is 30.3 Å². The average molecular weight is 298 g/mol. The second-order valence-corrected chi connectivity index (χ2v) is 4.31. The highest BCUT2D eigenvalue weighted by Crippen LogP contribution is 2.26. The lowest BCUT2D eigenvalue weighted by atomic mass is 10.2. The van der Waals surface area contributed by atoms with E-state index in [9.17, 15) is 0 Å². The Morgan fingerprint density at radius 2 is 2.12 bits per heavy atom. The van der Waals surface area contributed by atoms with Crippen LogP contribution in [0.3, 0.4) is 0 Å². The van der Waals surface area contributed by atoms with Crippen LogP contribution in [0.5, 0.6) is 5.88 Å². The predicted octanol–water partition coefficient (Wildman–Crippen LogP) is 2.00. The molecule has 0 fully saturated rings. The van der Waals surface area contributed by atoms with Crippen LogP contribution in [0.15, 0.2) is 22.7 Å². The molecule has 2 rings (SSSR count). The lowest BCUT2D eigenvalue weighted by molar-refractivity contribution is 0.144. The van der Waals surface area contributed by atoms with E-state index in [-0.39, 0.29) is 5.95 Å². The van der Waals surface area contributed by atoms with Crippen molar-refractivity contribution in [3.05, 3.63) is 22.7 Å². The molecule has 0 radical (unpaired) electrons. The number of benzene rings is 1. The number of ether oxygens (including phenoxy) is 2. The fourth-order valence-corrected chi connectivity index (χ4v) is 1.78. The van der Waals surface area contributed by atoms with E-state index in [0.29, 0.717) is 19.1 Å². The molecule has 90 valence electrons. The van der Waals surface area contributed by atoms with Gasteiger partial charge in [0.1, 0.15) is 6.61 Å². The predicted molar refractivity (Wildman–Crippen MR) is 69.0 cm³/mol. The largest absolute Gasteiger partial charge is 0.475 e. The maximum absolute atomic E-state index is 5.62. The lowest BCUT2D eigenvalue weighted by Gasteiger charge is -2.08. The molecule has 0 atom stereocenters. The summed E-state index contributed by atoms with van der Waals surface area (Å²) in [7, 11) is 1.62. The molecule has 0 saturated heterocycles. The summed E-state index contributed by atoms with van der Waals surface area (Å²) in [5, 5.41) is 0.824. The zero-order chi connectivity index (χ0) is 12.3. The number of rotatable bonds is 4. The van der Waals surface area contributed by atoms with Crippen molar-refractivity contribution >= 4 is 32.8 Å². The fraction of sp³-hybridized carbons (Fsp3) is 0.273. The first-order chi connectivity index (χ1) is 8.20. The number of fused-ring (bicyclic) bond motifs is 1. The monoisotopic (exact) mass is 297 g/mol. The second-order valence-electron chi connectivity index (χ2n) is 3.39. The molecule has 0 saturated carbocycles. The summed E-state index contributed by atoms with van der Waals surface area (Å²) < 4.78 is 11.4. The van der Waals surface area contributed by atoms with Gasteiger partial charge in [-0.2, -0.15) is 4.98 Å². The van der Waals surface area contributed by atoms with Crippen LogP contribution in [-0.2, 0) is 4.74 Å². The zero-order valence-electron chi connectivity index (χ0n) is 9.31. The molecule has 0 spiro atoms. The number of aromatic nitrogens is 2. The van der Waals surface area contributed by atoms with Crippen LogP contribution >= 0.6 is 15.9 Å². The molecule has 2 aromatic rings. The first-order valence-electron chi connectivity index (χ1n) is 5.05. The molecule has 2 N–H and O–H groups in total. The molecule has 17 heavy (non-hydrogen) atoms. The Hall–Kier alpha value is -1.40. The molecule has 1 aromatic heterocycles. The minimum absolute atomic E-state index is 0.201. The summed E-state index contributed by atoms with van der Waals surface area (Å²) >= 11 is 3.40. The highest BCUT2D eigenvalue weighted by atomic mass is 79.9. The molecule has 5 nitrogen and oxygen atoms in total. The lowest BCUT2D eigenvalue weighted by Crippen LogP contribution is -2.07. The Balaban J connectivity index is 2.40. The SMILES string of the molecule is COCCOc1nc(N)nc2ccc(Br)cc12. The molecule has 6 heteroatoms. The number of nitrogens with zero attached hydrogens (tertiary/aromatic N) is 2. The Labute approximate surface area is 107 Å². The highest BCUT2D eigenvalue weighted by molar-refractivity contribution is 9.10. The van der Waals surface area contributed by atoms with E-state index in [1.54, 1.807) is 7.11 Å². The van der Waals surface area contributed by atoms with Crippen molar-refractivity contribution in [2.24, 2.45) is 0 Å². The van der Waals surface area contributed by atoms with E-state index in [1.165, 1.54) is 0 Å². The second kappa shape index (κ2) is 5.29. The molecular formula is C11H12BrN3O2. The fourth-order valence-electron chi connectivity index (χ4n) is 1.42. The minimum Gasteiger partial charge on any atom is -0.475 e. The van der Waals surface area contributed by atoms with Gasteiger partial charge in [0.25, 0.3) is 0 Å². The van der Waals surface area contributed by atoms with Crippen LogP contribution < -0.4 is 10.5 Å². The molecule has 0 bridgehead atoms. The van der Waals surface area contributed by atoms with Gasteiger partial charge in [0.05, 0.1) is 17.5 Å². The Morgan fingerprint density at radius 3 is 2.88 bits per heavy atom. The zero-order valence-corrected chi connectivity index (χ0v) is 10.9. The Morgan fingerprint density at radius 1 is 1.29 bits per heavy atom. The normalized spacial score (nSPS) is 10.7. The van der Waals surface area contributed by atoms with E-state index in [4.69, 9.17) is 15.2 Å². The average Bonchev–Trinajstić information content (AvgIpc) is 2.30. The van der Waals surface area contributed by atoms with Gasteiger partial charge in [-0.05, 0) is 18.2 Å². The Kier molecular flexibility index (Phi) is 3.75. The number of nitrogens with two attached hydrogens (primary N) is 1. The van der Waals surface area contributed by atoms with Crippen LogP contribution in [0.4, 0.5) is 5.95 Å². The van der Waals surface area contributed by atoms with Gasteiger partial charge in [-0.3, -0.25) is 0 Å². The number of hydrogen-bond acceptors (Lipinski definition) is 5. The quantitative estimate of drug-likeness (QED) is 0.874. The summed E-state index contributed by atoms with van der Waals surface area (Å²) in [4.78, 5) is 8.22. The maximum atomic E-state index is 5.62. The van der Waals surface area contributed by atoms with Gasteiger partial charge in [0.2, 0.25) is 11.8 Å². The third kappa shape index (κ3) is 2.83. The van der Waals surface area contributed by atoms with Crippen molar-refractivity contribution in [3.63, 3.8) is 0 Å². The molecule has 0 aliphatic rings. The topological polar surface area (TPSA) is 70.3 Å². The van der Waals surface area contributed by atoms with Crippen molar-refractivity contribution in [3.8, 4) is 5.88 Å². The maximum Gasteiger partial charge on any atom is 0.226 e. The summed E-state index contributed by atoms with van der Waals surface area (Å²) in [5.41, 5.74) is 6.38. The molecule has 0 unspecified atom stereocenters. The molecule has 0 aliphatic carbocycles. The van der Waals surface area contributed by atoms with Gasteiger partial charge in [0.15, 0.2) is 0 Å². The van der Waals surface area contributed by atoms with Crippen molar-refractivity contribution in [2.75, 3.05) is 26.1 Å². The van der Waals surface area contributed by atoms with E-state index in [1.807, 2.05) is 18.2 Å². The van der Waals surface area contributed by atoms with Crippen molar-refractivity contribution in [2.45, 2.75) is 0 Å². The summed E-state index contributed by atoms with van der Waals surface area (Å²) in [6.45, 7) is 0.925. The smallest absolute Gasteiger partial charge is 0.226 e. The van der Waals surface area contributed by atoms with Gasteiger partial charge in [-0.25, -0.2) is 4.98 Å². The summed E-state index contributed by atoms with van der Waals surface area (Å²) in [6.07, 6.45) is 0. The van der Waals surface area contributed by atoms with Crippen molar-refractivity contribution < 1.29 is 9.47 Å². The van der Waals surface area contributed by atoms with Crippen molar-refractivity contribution in [1.82, 2.24) is 9.97 Å². The third-order valence-corrected chi connectivity index (χ3v) is 2.66. The van der Waals surface area contributed by atoms with Gasteiger partial charge in [-0.15, -0.1) is 0 Å². The number of anilines is 1. The van der Waals surface area contributed by atoms with Gasteiger partial charge in [-0.1, -0.05) is 15.9 Å². The van der Waals surface area contributed by atoms with Crippen LogP contribution in [0.2, 0.25) is 0 Å². The standard InChI is InChI=1S/C11H12BrN3O2/c1-16-4-5-17-10-8-6-7(12)2-3-9(8)14-11(13)15-10/h2-3,6H,4-5H2,1H3,(H2,13,14,15). The molecule has 1 heterocycles. The van der Waals surface area contributed by atoms with Crippen LogP contribution in [0.25, 0.3) is 10.9 Å². The summed E-state index contributed by atoms with van der Waals surface area (Å²) in [5.74, 6) is 0.679. The molecule has 0 amide bonds. The van der Waals surface area contributed by atoms with Crippen molar-refractivity contribution in [1.29, 1.82) is 0 Å². The number of hydrogen-bond donors (Lipinski definition) is 1. The Bertz CT molecular complexity index is 533. The third-order valence-electron chi connectivity index (χ3n) is 2.17. The number of halogens is 1. The number of nitrogen functional groups attached to an aromatic ring is 1.